The Bertz CT molecular complexity index is 616. The molecule has 1 aromatic heterocycles. The first kappa shape index (κ1) is 18.5. The second kappa shape index (κ2) is 8.33. The third-order valence-corrected chi connectivity index (χ3v) is 4.58. The number of piperidine rings is 1. The Kier molecular flexibility index (Phi) is 6.43. The van der Waals surface area contributed by atoms with Gasteiger partial charge in [-0.1, -0.05) is 20.3 Å². The fourth-order valence-electron chi connectivity index (χ4n) is 3.12. The molecular weight excluding hydrogens is 310 g/mol. The number of aromatic hydroxyl groups is 1. The van der Waals surface area contributed by atoms with E-state index in [1.807, 2.05) is 13.8 Å². The van der Waals surface area contributed by atoms with Crippen molar-refractivity contribution in [3.63, 3.8) is 0 Å². The molecule has 0 unspecified atom stereocenters. The van der Waals surface area contributed by atoms with Gasteiger partial charge in [0.1, 0.15) is 5.76 Å². The van der Waals surface area contributed by atoms with Gasteiger partial charge in [-0.25, -0.2) is 0 Å². The van der Waals surface area contributed by atoms with Crippen LogP contribution in [0.25, 0.3) is 0 Å². The van der Waals surface area contributed by atoms with E-state index in [1.165, 1.54) is 19.6 Å². The van der Waals surface area contributed by atoms with Gasteiger partial charge in [0.2, 0.25) is 11.2 Å². The lowest BCUT2D eigenvalue weighted by molar-refractivity contribution is -0.141. The Morgan fingerprint density at radius 3 is 2.58 bits per heavy atom. The highest BCUT2D eigenvalue weighted by Crippen LogP contribution is 2.33. The number of ether oxygens (including phenoxy) is 1. The van der Waals surface area contributed by atoms with Crippen molar-refractivity contribution < 1.29 is 19.1 Å². The van der Waals surface area contributed by atoms with Crippen LogP contribution in [0.3, 0.4) is 0 Å². The minimum atomic E-state index is -0.459. The lowest BCUT2D eigenvalue weighted by Gasteiger charge is -2.26. The molecule has 2 rings (SSSR count). The lowest BCUT2D eigenvalue weighted by atomic mass is 9.89. The molecule has 1 aliphatic rings. The van der Waals surface area contributed by atoms with Crippen molar-refractivity contribution in [3.8, 4) is 5.75 Å². The summed E-state index contributed by atoms with van der Waals surface area (Å²) < 4.78 is 10.6. The predicted octanol–water partition coefficient (Wildman–Crippen LogP) is 2.63. The summed E-state index contributed by atoms with van der Waals surface area (Å²) >= 11 is 0. The number of methoxy groups -OCH3 is 1. The quantitative estimate of drug-likeness (QED) is 0.804. The van der Waals surface area contributed by atoms with Crippen molar-refractivity contribution in [2.45, 2.75) is 52.0 Å². The second-order valence-electron chi connectivity index (χ2n) is 6.76. The molecule has 0 aliphatic carbocycles. The average molecular weight is 337 g/mol. The van der Waals surface area contributed by atoms with Gasteiger partial charge in [0.25, 0.3) is 0 Å². The molecule has 0 saturated carbocycles. The lowest BCUT2D eigenvalue weighted by Crippen LogP contribution is -2.29. The average Bonchev–Trinajstić information content (AvgIpc) is 2.56. The third-order valence-electron chi connectivity index (χ3n) is 4.58. The molecule has 0 amide bonds. The summed E-state index contributed by atoms with van der Waals surface area (Å²) in [6.07, 6.45) is 3.59. The number of esters is 1. The minimum absolute atomic E-state index is 0.0170. The standard InChI is InChI=1S/C18H27NO5/c1-12(2)14(10-16(21)23-3)18-17(22)15(20)9-13(24-18)11-19-7-5-4-6-8-19/h9,12,14,22H,4-8,10-11H2,1-3H3/t14-/m1/s1. The summed E-state index contributed by atoms with van der Waals surface area (Å²) in [5.41, 5.74) is -0.459. The zero-order valence-corrected chi connectivity index (χ0v) is 14.7. The molecule has 1 aromatic rings. The van der Waals surface area contributed by atoms with Crippen LogP contribution in [-0.4, -0.2) is 36.2 Å². The van der Waals surface area contributed by atoms with Crippen molar-refractivity contribution in [1.82, 2.24) is 4.90 Å². The maximum absolute atomic E-state index is 12.1. The number of rotatable bonds is 6. The highest BCUT2D eigenvalue weighted by Gasteiger charge is 2.27. The normalized spacial score (nSPS) is 17.0. The van der Waals surface area contributed by atoms with E-state index in [2.05, 4.69) is 4.90 Å². The molecule has 1 fully saturated rings. The molecule has 6 nitrogen and oxygen atoms in total. The van der Waals surface area contributed by atoms with E-state index < -0.39 is 23.1 Å². The van der Waals surface area contributed by atoms with Crippen molar-refractivity contribution in [2.75, 3.05) is 20.2 Å². The van der Waals surface area contributed by atoms with Gasteiger partial charge in [0, 0.05) is 12.0 Å². The smallest absolute Gasteiger partial charge is 0.306 e. The number of carbonyl (C=O) groups excluding carboxylic acids is 1. The maximum atomic E-state index is 12.1. The molecular formula is C18H27NO5. The van der Waals surface area contributed by atoms with E-state index in [9.17, 15) is 14.7 Å². The molecule has 6 heteroatoms. The van der Waals surface area contributed by atoms with Crippen LogP contribution in [0.15, 0.2) is 15.3 Å². The van der Waals surface area contributed by atoms with E-state index in [0.29, 0.717) is 12.3 Å². The summed E-state index contributed by atoms with van der Waals surface area (Å²) in [5, 5.41) is 10.2. The second-order valence-corrected chi connectivity index (χ2v) is 6.76. The van der Waals surface area contributed by atoms with Gasteiger partial charge in [-0.15, -0.1) is 0 Å². The first-order chi connectivity index (χ1) is 11.4. The fraction of sp³-hybridized carbons (Fsp3) is 0.667. The molecule has 24 heavy (non-hydrogen) atoms. The van der Waals surface area contributed by atoms with Crippen LogP contribution in [0.1, 0.15) is 57.0 Å². The third kappa shape index (κ3) is 4.60. The van der Waals surface area contributed by atoms with Crippen molar-refractivity contribution >= 4 is 5.97 Å². The van der Waals surface area contributed by atoms with Crippen LogP contribution in [0, 0.1) is 5.92 Å². The molecule has 0 spiro atoms. The topological polar surface area (TPSA) is 80.0 Å². The van der Waals surface area contributed by atoms with E-state index >= 15 is 0 Å². The summed E-state index contributed by atoms with van der Waals surface area (Å²) in [4.78, 5) is 26.0. The molecule has 1 atom stereocenters. The van der Waals surface area contributed by atoms with Gasteiger partial charge in [-0.3, -0.25) is 14.5 Å². The summed E-state index contributed by atoms with van der Waals surface area (Å²) in [6, 6.07) is 1.35. The van der Waals surface area contributed by atoms with E-state index in [4.69, 9.17) is 9.15 Å². The van der Waals surface area contributed by atoms with Gasteiger partial charge in [-0.2, -0.15) is 0 Å². The molecule has 0 radical (unpaired) electrons. The Balaban J connectivity index is 2.29. The Labute approximate surface area is 142 Å². The SMILES string of the molecule is COC(=O)C[C@@H](c1oc(CN2CCCCC2)cc(=O)c1O)C(C)C. The number of nitrogens with zero attached hydrogens (tertiary/aromatic N) is 1. The number of carbonyl (C=O) groups is 1. The van der Waals surface area contributed by atoms with Crippen LogP contribution in [0.2, 0.25) is 0 Å². The van der Waals surface area contributed by atoms with Gasteiger partial charge >= 0.3 is 5.97 Å². The predicted molar refractivity (Wildman–Crippen MR) is 90.0 cm³/mol. The Hall–Kier alpha value is -1.82. The van der Waals surface area contributed by atoms with Crippen LogP contribution < -0.4 is 5.43 Å². The highest BCUT2D eigenvalue weighted by atomic mass is 16.5. The molecule has 0 aromatic carbocycles. The summed E-state index contributed by atoms with van der Waals surface area (Å²) in [6.45, 7) is 6.35. The molecule has 134 valence electrons. The van der Waals surface area contributed by atoms with Crippen LogP contribution in [0.5, 0.6) is 5.75 Å². The van der Waals surface area contributed by atoms with E-state index in [-0.39, 0.29) is 18.1 Å². The highest BCUT2D eigenvalue weighted by molar-refractivity contribution is 5.70. The minimum Gasteiger partial charge on any atom is -0.502 e. The van der Waals surface area contributed by atoms with Crippen molar-refractivity contribution in [2.24, 2.45) is 5.92 Å². The van der Waals surface area contributed by atoms with Gasteiger partial charge in [0.05, 0.1) is 20.1 Å². The molecule has 2 heterocycles. The number of likely N-dealkylation sites (tertiary alicyclic amines) is 1. The fourth-order valence-corrected chi connectivity index (χ4v) is 3.12. The molecule has 0 bridgehead atoms. The molecule has 1 N–H and O–H groups in total. The van der Waals surface area contributed by atoms with Gasteiger partial charge in [0.15, 0.2) is 5.76 Å². The monoisotopic (exact) mass is 337 g/mol. The number of hydrogen-bond acceptors (Lipinski definition) is 6. The largest absolute Gasteiger partial charge is 0.502 e. The zero-order valence-electron chi connectivity index (χ0n) is 14.7. The van der Waals surface area contributed by atoms with Crippen LogP contribution in [0.4, 0.5) is 0 Å². The van der Waals surface area contributed by atoms with Crippen LogP contribution >= 0.6 is 0 Å². The van der Waals surface area contributed by atoms with Gasteiger partial charge < -0.3 is 14.3 Å². The molecule has 1 aliphatic heterocycles. The Morgan fingerprint density at radius 1 is 1.33 bits per heavy atom. The maximum Gasteiger partial charge on any atom is 0.306 e. The van der Waals surface area contributed by atoms with E-state index in [0.717, 1.165) is 25.9 Å². The first-order valence-corrected chi connectivity index (χ1v) is 8.57. The van der Waals surface area contributed by atoms with Crippen molar-refractivity contribution in [3.05, 3.63) is 27.8 Å². The van der Waals surface area contributed by atoms with Crippen molar-refractivity contribution in [1.29, 1.82) is 0 Å². The Morgan fingerprint density at radius 2 is 2.00 bits per heavy atom. The number of hydrogen-bond donors (Lipinski definition) is 1. The summed E-state index contributed by atoms with van der Waals surface area (Å²) in [5.74, 6) is -0.452. The first-order valence-electron chi connectivity index (χ1n) is 8.57. The molecule has 1 saturated heterocycles. The van der Waals surface area contributed by atoms with E-state index in [1.54, 1.807) is 0 Å². The summed E-state index contributed by atoms with van der Waals surface area (Å²) in [7, 11) is 1.32. The van der Waals surface area contributed by atoms with Gasteiger partial charge in [-0.05, 0) is 31.8 Å². The van der Waals surface area contributed by atoms with Crippen LogP contribution in [-0.2, 0) is 16.1 Å². The zero-order chi connectivity index (χ0) is 17.7.